The molecule has 17 heavy (non-hydrogen) atoms. The Bertz CT molecular complexity index is 307. The summed E-state index contributed by atoms with van der Waals surface area (Å²) >= 11 is 0. The van der Waals surface area contributed by atoms with Gasteiger partial charge in [-0.25, -0.2) is 0 Å². The highest BCUT2D eigenvalue weighted by molar-refractivity contribution is 6.83. The van der Waals surface area contributed by atoms with Crippen molar-refractivity contribution in [3.63, 3.8) is 0 Å². The van der Waals surface area contributed by atoms with Gasteiger partial charge in [-0.05, 0) is 26.7 Å². The molecule has 0 aliphatic heterocycles. The van der Waals surface area contributed by atoms with Gasteiger partial charge in [-0.1, -0.05) is 38.9 Å². The van der Waals surface area contributed by atoms with Crippen molar-refractivity contribution in [3.05, 3.63) is 0 Å². The Balaban J connectivity index is 3.49. The highest BCUT2D eigenvalue weighted by Crippen LogP contribution is 2.22. The Labute approximate surface area is 109 Å². The van der Waals surface area contributed by atoms with Crippen LogP contribution < -0.4 is 0 Å². The van der Waals surface area contributed by atoms with Crippen LogP contribution in [0.5, 0.6) is 0 Å². The summed E-state index contributed by atoms with van der Waals surface area (Å²) in [5.74, 6) is 3.30. The molecule has 0 spiro atoms. The smallest absolute Gasteiger partial charge is 0.129 e. The van der Waals surface area contributed by atoms with E-state index in [9.17, 15) is 0 Å². The first-order valence-electron chi connectivity index (χ1n) is 6.68. The number of nitriles is 1. The number of rotatable bonds is 6. The van der Waals surface area contributed by atoms with Crippen molar-refractivity contribution in [3.8, 4) is 17.5 Å². The van der Waals surface area contributed by atoms with Crippen LogP contribution in [0.1, 0.15) is 52.4 Å². The second kappa shape index (κ2) is 7.57. The Morgan fingerprint density at radius 3 is 2.12 bits per heavy atom. The summed E-state index contributed by atoms with van der Waals surface area (Å²) in [6, 6.07) is 2.35. The SMILES string of the molecule is CC(C)(C#N)CCCCCCC#C[Si](C)(C)C. The summed E-state index contributed by atoms with van der Waals surface area (Å²) in [6.07, 6.45) is 6.93. The first kappa shape index (κ1) is 16.3. The van der Waals surface area contributed by atoms with Gasteiger partial charge in [0.05, 0.1) is 11.5 Å². The molecule has 0 fully saturated rings. The van der Waals surface area contributed by atoms with Gasteiger partial charge in [-0.3, -0.25) is 0 Å². The summed E-state index contributed by atoms with van der Waals surface area (Å²) in [5.41, 5.74) is 3.25. The molecule has 0 radical (unpaired) electrons. The van der Waals surface area contributed by atoms with E-state index in [-0.39, 0.29) is 5.41 Å². The van der Waals surface area contributed by atoms with Gasteiger partial charge < -0.3 is 0 Å². The van der Waals surface area contributed by atoms with Gasteiger partial charge in [-0.2, -0.15) is 5.26 Å². The molecular formula is C15H27NSi. The van der Waals surface area contributed by atoms with Gasteiger partial charge in [-0.15, -0.1) is 11.5 Å². The summed E-state index contributed by atoms with van der Waals surface area (Å²) in [6.45, 7) is 10.9. The molecule has 0 atom stereocenters. The minimum Gasteiger partial charge on any atom is -0.198 e. The third-order valence-electron chi connectivity index (χ3n) is 2.62. The predicted octanol–water partition coefficient (Wildman–Crippen LogP) is 4.76. The molecule has 0 aliphatic rings. The Morgan fingerprint density at radius 2 is 1.59 bits per heavy atom. The van der Waals surface area contributed by atoms with Crippen molar-refractivity contribution in [1.29, 1.82) is 5.26 Å². The maximum atomic E-state index is 8.88. The van der Waals surface area contributed by atoms with E-state index < -0.39 is 8.07 Å². The average molecular weight is 249 g/mol. The van der Waals surface area contributed by atoms with Crippen molar-refractivity contribution in [2.75, 3.05) is 0 Å². The Kier molecular flexibility index (Phi) is 7.24. The zero-order valence-corrected chi connectivity index (χ0v) is 13.2. The lowest BCUT2D eigenvalue weighted by Crippen LogP contribution is -2.16. The van der Waals surface area contributed by atoms with Crippen molar-refractivity contribution in [2.45, 2.75) is 72.0 Å². The molecule has 0 saturated heterocycles. The molecule has 0 bridgehead atoms. The largest absolute Gasteiger partial charge is 0.198 e. The first-order chi connectivity index (χ1) is 7.77. The zero-order chi connectivity index (χ0) is 13.4. The van der Waals surface area contributed by atoms with Crippen LogP contribution >= 0.6 is 0 Å². The van der Waals surface area contributed by atoms with E-state index in [2.05, 4.69) is 37.2 Å². The zero-order valence-electron chi connectivity index (χ0n) is 12.2. The Hall–Kier alpha value is -0.733. The van der Waals surface area contributed by atoms with E-state index in [0.29, 0.717) is 0 Å². The number of hydrogen-bond donors (Lipinski definition) is 0. The fourth-order valence-electron chi connectivity index (χ4n) is 1.52. The van der Waals surface area contributed by atoms with Gasteiger partial charge in [0.15, 0.2) is 0 Å². The van der Waals surface area contributed by atoms with Gasteiger partial charge in [0.25, 0.3) is 0 Å². The van der Waals surface area contributed by atoms with Crippen molar-refractivity contribution in [1.82, 2.24) is 0 Å². The molecule has 96 valence electrons. The molecule has 1 nitrogen and oxygen atoms in total. The molecule has 0 heterocycles. The lowest BCUT2D eigenvalue weighted by Gasteiger charge is -2.13. The van der Waals surface area contributed by atoms with Crippen LogP contribution in [0, 0.1) is 28.2 Å². The van der Waals surface area contributed by atoms with Crippen LogP contribution in [-0.4, -0.2) is 8.07 Å². The van der Waals surface area contributed by atoms with E-state index >= 15 is 0 Å². The van der Waals surface area contributed by atoms with E-state index in [0.717, 1.165) is 12.8 Å². The maximum absolute atomic E-state index is 8.88. The van der Waals surface area contributed by atoms with Crippen LogP contribution in [0.3, 0.4) is 0 Å². The normalized spacial score (nSPS) is 11.5. The molecule has 2 heteroatoms. The van der Waals surface area contributed by atoms with Gasteiger partial charge in [0.1, 0.15) is 8.07 Å². The first-order valence-corrected chi connectivity index (χ1v) is 10.2. The maximum Gasteiger partial charge on any atom is 0.129 e. The second-order valence-electron chi connectivity index (χ2n) is 6.46. The van der Waals surface area contributed by atoms with Crippen LogP contribution in [-0.2, 0) is 0 Å². The second-order valence-corrected chi connectivity index (χ2v) is 11.2. The van der Waals surface area contributed by atoms with Gasteiger partial charge in [0, 0.05) is 6.42 Å². The van der Waals surface area contributed by atoms with E-state index in [1.807, 2.05) is 13.8 Å². The average Bonchev–Trinajstić information content (AvgIpc) is 2.20. The topological polar surface area (TPSA) is 23.8 Å². The molecule has 0 aliphatic carbocycles. The summed E-state index contributed by atoms with van der Waals surface area (Å²) in [7, 11) is -1.16. The quantitative estimate of drug-likeness (QED) is 0.378. The molecule has 0 amide bonds. The fraction of sp³-hybridized carbons (Fsp3) is 0.800. The summed E-state index contributed by atoms with van der Waals surface area (Å²) < 4.78 is 0. The standard InChI is InChI=1S/C15H27NSi/c1-15(2,14-16)12-10-8-6-7-9-11-13-17(3,4)5/h6-10,12H2,1-5H3. The van der Waals surface area contributed by atoms with Crippen LogP contribution in [0.2, 0.25) is 19.6 Å². The lowest BCUT2D eigenvalue weighted by atomic mass is 9.88. The summed E-state index contributed by atoms with van der Waals surface area (Å²) in [5, 5.41) is 8.88. The van der Waals surface area contributed by atoms with Crippen LogP contribution in [0.4, 0.5) is 0 Å². The number of hydrogen-bond acceptors (Lipinski definition) is 1. The van der Waals surface area contributed by atoms with Crippen LogP contribution in [0.15, 0.2) is 0 Å². The number of nitrogens with zero attached hydrogens (tertiary/aromatic N) is 1. The minimum atomic E-state index is -1.16. The monoisotopic (exact) mass is 249 g/mol. The Morgan fingerprint density at radius 1 is 1.00 bits per heavy atom. The fourth-order valence-corrected chi connectivity index (χ4v) is 2.17. The molecule has 0 aromatic carbocycles. The molecule has 0 unspecified atom stereocenters. The predicted molar refractivity (Wildman–Crippen MR) is 78.2 cm³/mol. The molecule has 0 aromatic heterocycles. The molecule has 0 rings (SSSR count). The van der Waals surface area contributed by atoms with Gasteiger partial charge in [0.2, 0.25) is 0 Å². The molecule has 0 N–H and O–H groups in total. The number of unbranched alkanes of at least 4 members (excludes halogenated alkanes) is 4. The third-order valence-corrected chi connectivity index (χ3v) is 3.55. The highest BCUT2D eigenvalue weighted by atomic mass is 28.3. The molecule has 0 saturated carbocycles. The lowest BCUT2D eigenvalue weighted by molar-refractivity contribution is 0.421. The van der Waals surface area contributed by atoms with Crippen molar-refractivity contribution < 1.29 is 0 Å². The van der Waals surface area contributed by atoms with E-state index in [1.165, 1.54) is 25.7 Å². The van der Waals surface area contributed by atoms with E-state index in [1.54, 1.807) is 0 Å². The van der Waals surface area contributed by atoms with Crippen LogP contribution in [0.25, 0.3) is 0 Å². The molecular weight excluding hydrogens is 222 g/mol. The van der Waals surface area contributed by atoms with E-state index in [4.69, 9.17) is 5.26 Å². The van der Waals surface area contributed by atoms with Crippen molar-refractivity contribution in [2.24, 2.45) is 5.41 Å². The highest BCUT2D eigenvalue weighted by Gasteiger charge is 2.15. The van der Waals surface area contributed by atoms with Crippen molar-refractivity contribution >= 4 is 8.07 Å². The third kappa shape index (κ3) is 11.5. The summed E-state index contributed by atoms with van der Waals surface area (Å²) in [4.78, 5) is 0. The van der Waals surface area contributed by atoms with Gasteiger partial charge >= 0.3 is 0 Å². The molecule has 0 aromatic rings. The minimum absolute atomic E-state index is 0.141.